The average molecular weight is 418 g/mol. The van der Waals surface area contributed by atoms with Crippen molar-refractivity contribution in [3.8, 4) is 0 Å². The standard InChI is InChI=1S/C17H26N2O8S/c1-17(2)10-26-16(24)28-9-8-18-11(20)6-7-19-15(23)14(17)27-13(22)5-4-12(21)25-3/h14H,4-10H2,1-3H3,(H,18,20)(H,19,23)/t14-/m0/s1. The van der Waals surface area contributed by atoms with Gasteiger partial charge in [0, 0.05) is 30.7 Å². The summed E-state index contributed by atoms with van der Waals surface area (Å²) in [6, 6.07) is 0. The van der Waals surface area contributed by atoms with E-state index in [0.717, 1.165) is 11.8 Å². The SMILES string of the molecule is COC(=O)CCC(=O)O[C@H]1C(=O)NCCC(=O)NCCSC(=O)OCC1(C)C. The third kappa shape index (κ3) is 8.59. The molecule has 158 valence electrons. The van der Waals surface area contributed by atoms with Crippen LogP contribution in [0.2, 0.25) is 0 Å². The van der Waals surface area contributed by atoms with Crippen molar-refractivity contribution in [2.24, 2.45) is 5.41 Å². The van der Waals surface area contributed by atoms with Crippen LogP contribution in [0.3, 0.4) is 0 Å². The van der Waals surface area contributed by atoms with Crippen LogP contribution in [0.4, 0.5) is 4.79 Å². The Labute approximate surface area is 167 Å². The number of carbonyl (C=O) groups is 5. The minimum absolute atomic E-state index is 0.0459. The molecular formula is C17H26N2O8S. The van der Waals surface area contributed by atoms with E-state index in [-0.39, 0.29) is 38.3 Å². The molecule has 28 heavy (non-hydrogen) atoms. The van der Waals surface area contributed by atoms with Crippen molar-refractivity contribution < 1.29 is 38.2 Å². The van der Waals surface area contributed by atoms with Crippen molar-refractivity contribution in [1.29, 1.82) is 0 Å². The zero-order valence-electron chi connectivity index (χ0n) is 16.2. The first-order chi connectivity index (χ1) is 13.2. The largest absolute Gasteiger partial charge is 0.469 e. The molecule has 2 N–H and O–H groups in total. The second kappa shape index (κ2) is 11.5. The summed E-state index contributed by atoms with van der Waals surface area (Å²) < 4.78 is 14.9. The highest BCUT2D eigenvalue weighted by Gasteiger charge is 2.40. The first-order valence-electron chi connectivity index (χ1n) is 8.76. The fraction of sp³-hybridized carbons (Fsp3) is 0.706. The van der Waals surface area contributed by atoms with Crippen molar-refractivity contribution in [1.82, 2.24) is 10.6 Å². The highest BCUT2D eigenvalue weighted by atomic mass is 32.2. The molecule has 0 aromatic carbocycles. The molecule has 0 aromatic rings. The lowest BCUT2D eigenvalue weighted by atomic mass is 9.86. The van der Waals surface area contributed by atoms with Crippen LogP contribution >= 0.6 is 11.8 Å². The van der Waals surface area contributed by atoms with Crippen LogP contribution in [-0.2, 0) is 33.4 Å². The number of cyclic esters (lactones) is 1. The van der Waals surface area contributed by atoms with E-state index in [1.54, 1.807) is 13.8 Å². The number of rotatable bonds is 4. The van der Waals surface area contributed by atoms with E-state index in [2.05, 4.69) is 15.4 Å². The number of ether oxygens (including phenoxy) is 3. The lowest BCUT2D eigenvalue weighted by Gasteiger charge is -2.32. The van der Waals surface area contributed by atoms with E-state index in [9.17, 15) is 24.0 Å². The number of hydrogen-bond acceptors (Lipinski definition) is 9. The van der Waals surface area contributed by atoms with E-state index < -0.39 is 34.7 Å². The average Bonchev–Trinajstić information content (AvgIpc) is 2.65. The molecule has 0 spiro atoms. The fourth-order valence-corrected chi connectivity index (χ4v) is 2.74. The second-order valence-corrected chi connectivity index (χ2v) is 7.74. The van der Waals surface area contributed by atoms with Gasteiger partial charge in [-0.05, 0) is 11.8 Å². The van der Waals surface area contributed by atoms with Crippen LogP contribution in [0.1, 0.15) is 33.1 Å². The molecule has 1 aliphatic heterocycles. The van der Waals surface area contributed by atoms with Crippen LogP contribution < -0.4 is 10.6 Å². The van der Waals surface area contributed by atoms with Gasteiger partial charge in [-0.2, -0.15) is 0 Å². The molecule has 1 aliphatic rings. The van der Waals surface area contributed by atoms with Crippen molar-refractivity contribution in [3.05, 3.63) is 0 Å². The molecule has 1 fully saturated rings. The lowest BCUT2D eigenvalue weighted by molar-refractivity contribution is -0.166. The Kier molecular flexibility index (Phi) is 9.77. The molecule has 0 aliphatic carbocycles. The Morgan fingerprint density at radius 1 is 1.14 bits per heavy atom. The number of carbonyl (C=O) groups excluding carboxylic acids is 5. The number of amides is 2. The van der Waals surface area contributed by atoms with E-state index in [4.69, 9.17) is 9.47 Å². The monoisotopic (exact) mass is 418 g/mol. The summed E-state index contributed by atoms with van der Waals surface area (Å²) in [4.78, 5) is 59.3. The molecule has 2 amide bonds. The fourth-order valence-electron chi connectivity index (χ4n) is 2.23. The number of hydrogen-bond donors (Lipinski definition) is 2. The molecule has 0 aromatic heterocycles. The summed E-state index contributed by atoms with van der Waals surface area (Å²) in [5.41, 5.74) is -1.03. The summed E-state index contributed by atoms with van der Waals surface area (Å²) in [6.45, 7) is 3.43. The molecule has 0 unspecified atom stereocenters. The molecule has 11 heteroatoms. The van der Waals surface area contributed by atoms with Gasteiger partial charge in [0.05, 0.1) is 20.0 Å². The van der Waals surface area contributed by atoms with Crippen LogP contribution in [0.5, 0.6) is 0 Å². The molecule has 1 saturated heterocycles. The molecule has 1 rings (SSSR count). The molecule has 10 nitrogen and oxygen atoms in total. The van der Waals surface area contributed by atoms with E-state index in [0.29, 0.717) is 12.3 Å². The maximum absolute atomic E-state index is 12.6. The molecular weight excluding hydrogens is 392 g/mol. The molecule has 1 atom stereocenters. The molecule has 1 heterocycles. The summed E-state index contributed by atoms with van der Waals surface area (Å²) in [6.07, 6.45) is -1.67. The van der Waals surface area contributed by atoms with Crippen molar-refractivity contribution >= 4 is 40.8 Å². The number of methoxy groups -OCH3 is 1. The van der Waals surface area contributed by atoms with Crippen LogP contribution in [-0.4, -0.2) is 67.7 Å². The quantitative estimate of drug-likeness (QED) is 0.490. The minimum atomic E-state index is -1.28. The number of thioether (sulfide) groups is 1. The number of nitrogens with one attached hydrogen (secondary N) is 2. The van der Waals surface area contributed by atoms with Gasteiger partial charge < -0.3 is 24.8 Å². The van der Waals surface area contributed by atoms with Gasteiger partial charge in [0.2, 0.25) is 5.91 Å². The van der Waals surface area contributed by atoms with Crippen LogP contribution in [0.25, 0.3) is 0 Å². The first-order valence-corrected chi connectivity index (χ1v) is 9.74. The highest BCUT2D eigenvalue weighted by molar-refractivity contribution is 8.13. The van der Waals surface area contributed by atoms with Gasteiger partial charge in [0.15, 0.2) is 6.10 Å². The topological polar surface area (TPSA) is 137 Å². The Morgan fingerprint density at radius 2 is 1.82 bits per heavy atom. The van der Waals surface area contributed by atoms with E-state index in [1.165, 1.54) is 7.11 Å². The van der Waals surface area contributed by atoms with Gasteiger partial charge in [0.1, 0.15) is 6.61 Å². The van der Waals surface area contributed by atoms with Gasteiger partial charge in [0.25, 0.3) is 5.91 Å². The third-order valence-corrected chi connectivity index (χ3v) is 4.58. The predicted octanol–water partition coefficient (Wildman–Crippen LogP) is 0.384. The van der Waals surface area contributed by atoms with Gasteiger partial charge >= 0.3 is 17.2 Å². The zero-order chi connectivity index (χ0) is 21.2. The summed E-state index contributed by atoms with van der Waals surface area (Å²) in [5, 5.41) is 4.61. The lowest BCUT2D eigenvalue weighted by Crippen LogP contribution is -2.49. The van der Waals surface area contributed by atoms with Crippen molar-refractivity contribution in [2.75, 3.05) is 32.6 Å². The van der Waals surface area contributed by atoms with E-state index >= 15 is 0 Å². The Balaban J connectivity index is 2.86. The van der Waals surface area contributed by atoms with Crippen LogP contribution in [0.15, 0.2) is 0 Å². The smallest absolute Gasteiger partial charge is 0.367 e. The third-order valence-electron chi connectivity index (χ3n) is 3.82. The molecule has 0 bridgehead atoms. The Morgan fingerprint density at radius 3 is 2.50 bits per heavy atom. The van der Waals surface area contributed by atoms with Gasteiger partial charge in [-0.15, -0.1) is 0 Å². The molecule has 0 saturated carbocycles. The minimum Gasteiger partial charge on any atom is -0.469 e. The van der Waals surface area contributed by atoms with Crippen molar-refractivity contribution in [2.45, 2.75) is 39.2 Å². The maximum Gasteiger partial charge on any atom is 0.367 e. The summed E-state index contributed by atoms with van der Waals surface area (Å²) in [5.74, 6) is -1.90. The first kappa shape index (κ1) is 23.7. The Hall–Kier alpha value is -2.30. The van der Waals surface area contributed by atoms with Gasteiger partial charge in [-0.1, -0.05) is 13.8 Å². The van der Waals surface area contributed by atoms with Gasteiger partial charge in [-0.25, -0.2) is 4.79 Å². The number of esters is 2. The zero-order valence-corrected chi connectivity index (χ0v) is 17.0. The summed E-state index contributed by atoms with van der Waals surface area (Å²) in [7, 11) is 1.20. The predicted molar refractivity (Wildman–Crippen MR) is 99.4 cm³/mol. The normalized spacial score (nSPS) is 21.4. The Bertz CT molecular complexity index is 608. The highest BCUT2D eigenvalue weighted by Crippen LogP contribution is 2.26. The van der Waals surface area contributed by atoms with Crippen LogP contribution in [0, 0.1) is 5.41 Å². The summed E-state index contributed by atoms with van der Waals surface area (Å²) >= 11 is 0.900. The van der Waals surface area contributed by atoms with E-state index in [1.807, 2.05) is 0 Å². The van der Waals surface area contributed by atoms with Crippen molar-refractivity contribution in [3.63, 3.8) is 0 Å². The maximum atomic E-state index is 12.6. The second-order valence-electron chi connectivity index (χ2n) is 6.71. The van der Waals surface area contributed by atoms with Gasteiger partial charge in [-0.3, -0.25) is 19.2 Å². The molecule has 0 radical (unpaired) electrons.